The highest BCUT2D eigenvalue weighted by Crippen LogP contribution is 2.41. The van der Waals surface area contributed by atoms with Crippen molar-refractivity contribution in [2.75, 3.05) is 31.1 Å². The molecular formula is C23H27ClN6O2. The molecule has 2 saturated heterocycles. The molecule has 5 rings (SSSR count). The van der Waals surface area contributed by atoms with Gasteiger partial charge in [-0.15, -0.1) is 12.4 Å². The molecule has 4 heterocycles. The largest absolute Gasteiger partial charge is 0.341 e. The van der Waals surface area contributed by atoms with E-state index >= 15 is 0 Å². The molecule has 2 aromatic heterocycles. The fourth-order valence-corrected chi connectivity index (χ4v) is 4.84. The Morgan fingerprint density at radius 3 is 2.50 bits per heavy atom. The van der Waals surface area contributed by atoms with Crippen LogP contribution in [0.15, 0.2) is 48.8 Å². The average molecular weight is 455 g/mol. The maximum absolute atomic E-state index is 11.4. The second-order valence-corrected chi connectivity index (χ2v) is 8.66. The zero-order chi connectivity index (χ0) is 21.3. The number of nitrogens with zero attached hydrogens (tertiary/aromatic N) is 5. The van der Waals surface area contributed by atoms with Gasteiger partial charge < -0.3 is 4.90 Å². The Labute approximate surface area is 193 Å². The highest BCUT2D eigenvalue weighted by molar-refractivity contribution is 5.92. The first-order chi connectivity index (χ1) is 15.1. The molecule has 32 heavy (non-hydrogen) atoms. The first kappa shape index (κ1) is 22.4. The third-order valence-electron chi connectivity index (χ3n) is 6.67. The summed E-state index contributed by atoms with van der Waals surface area (Å²) in [6.07, 6.45) is 6.33. The molecular weight excluding hydrogens is 428 g/mol. The minimum absolute atomic E-state index is 0. The molecule has 2 fully saturated rings. The van der Waals surface area contributed by atoms with Crippen LogP contribution in [0.3, 0.4) is 0 Å². The number of piperidine rings is 1. The molecule has 168 valence electrons. The van der Waals surface area contributed by atoms with E-state index < -0.39 is 5.91 Å². The van der Waals surface area contributed by atoms with Crippen molar-refractivity contribution in [3.63, 3.8) is 0 Å². The Hall–Kier alpha value is -2.81. The zero-order valence-corrected chi connectivity index (χ0v) is 18.6. The molecule has 0 bridgehead atoms. The van der Waals surface area contributed by atoms with Crippen LogP contribution in [0, 0.1) is 5.41 Å². The van der Waals surface area contributed by atoms with Crippen LogP contribution in [0.5, 0.6) is 0 Å². The molecule has 3 aromatic rings. The summed E-state index contributed by atoms with van der Waals surface area (Å²) in [5.41, 5.74) is 4.39. The molecule has 2 aliphatic rings. The fourth-order valence-electron chi connectivity index (χ4n) is 4.84. The summed E-state index contributed by atoms with van der Waals surface area (Å²) >= 11 is 0. The number of fused-ring (bicyclic) bond motifs is 1. The summed E-state index contributed by atoms with van der Waals surface area (Å²) in [6.45, 7) is 4.93. The summed E-state index contributed by atoms with van der Waals surface area (Å²) in [5.74, 6) is 0.0376. The topological polar surface area (TPSA) is 94.5 Å². The minimum atomic E-state index is -0.601. The molecule has 1 amide bonds. The highest BCUT2D eigenvalue weighted by Gasteiger charge is 2.40. The lowest BCUT2D eigenvalue weighted by atomic mass is 9.78. The van der Waals surface area contributed by atoms with Gasteiger partial charge in [0.1, 0.15) is 0 Å². The molecule has 0 atom stereocenters. The number of amides is 1. The van der Waals surface area contributed by atoms with Crippen molar-refractivity contribution in [3.8, 4) is 0 Å². The van der Waals surface area contributed by atoms with E-state index in [9.17, 15) is 4.79 Å². The van der Waals surface area contributed by atoms with Crippen molar-refractivity contribution in [3.05, 3.63) is 60.0 Å². The van der Waals surface area contributed by atoms with Crippen LogP contribution in [-0.4, -0.2) is 57.1 Å². The number of rotatable bonds is 4. The maximum atomic E-state index is 11.4. The molecule has 0 saturated carbocycles. The summed E-state index contributed by atoms with van der Waals surface area (Å²) < 4.78 is 0. The molecule has 2 aliphatic heterocycles. The molecule has 1 aromatic carbocycles. The number of carbonyl (C=O) groups is 1. The van der Waals surface area contributed by atoms with Gasteiger partial charge in [0, 0.05) is 44.0 Å². The number of halogens is 1. The number of likely N-dealkylation sites (tertiary alicyclic amines) is 1. The van der Waals surface area contributed by atoms with Crippen molar-refractivity contribution >= 4 is 35.2 Å². The smallest absolute Gasteiger partial charge is 0.277 e. The fraction of sp³-hybridized carbons (Fsp3) is 0.391. The zero-order valence-electron chi connectivity index (χ0n) is 17.8. The van der Waals surface area contributed by atoms with Crippen LogP contribution in [0.25, 0.3) is 10.9 Å². The molecule has 0 aliphatic carbocycles. The molecule has 8 nitrogen and oxygen atoms in total. The highest BCUT2D eigenvalue weighted by atomic mass is 35.5. The minimum Gasteiger partial charge on any atom is -0.341 e. The van der Waals surface area contributed by atoms with E-state index in [1.165, 1.54) is 24.2 Å². The quantitative estimate of drug-likeness (QED) is 0.462. The predicted molar refractivity (Wildman–Crippen MR) is 124 cm³/mol. The standard InChI is InChI=1S/C23H26N6O2.ClH/c30-21(27-31)18-13-24-22(25-14-18)29-11-8-23(9-12-29)7-10-28(16-23)15-19-6-5-17-3-1-2-4-20(17)26-19;/h1-6,13-14,31H,7-12,15-16H2,(H,27,30);1H. The van der Waals surface area contributed by atoms with Gasteiger partial charge in [-0.25, -0.2) is 15.4 Å². The van der Waals surface area contributed by atoms with Gasteiger partial charge in [0.2, 0.25) is 5.95 Å². The van der Waals surface area contributed by atoms with Gasteiger partial charge in [0.05, 0.1) is 16.8 Å². The van der Waals surface area contributed by atoms with Gasteiger partial charge in [0.15, 0.2) is 0 Å². The first-order valence-corrected chi connectivity index (χ1v) is 10.7. The molecule has 0 radical (unpaired) electrons. The third kappa shape index (κ3) is 4.53. The van der Waals surface area contributed by atoms with Crippen molar-refractivity contribution in [1.82, 2.24) is 25.3 Å². The lowest BCUT2D eigenvalue weighted by Gasteiger charge is -2.39. The number of carbonyl (C=O) groups excluding carboxylic acids is 1. The van der Waals surface area contributed by atoms with Crippen LogP contribution < -0.4 is 10.4 Å². The number of nitrogens with one attached hydrogen (secondary N) is 1. The van der Waals surface area contributed by atoms with E-state index in [1.54, 1.807) is 5.48 Å². The van der Waals surface area contributed by atoms with Crippen molar-refractivity contribution in [2.45, 2.75) is 25.8 Å². The van der Waals surface area contributed by atoms with Crippen molar-refractivity contribution in [1.29, 1.82) is 0 Å². The van der Waals surface area contributed by atoms with Crippen molar-refractivity contribution in [2.24, 2.45) is 5.41 Å². The molecule has 2 N–H and O–H groups in total. The third-order valence-corrected chi connectivity index (χ3v) is 6.67. The van der Waals surface area contributed by atoms with Crippen LogP contribution >= 0.6 is 12.4 Å². The summed E-state index contributed by atoms with van der Waals surface area (Å²) in [7, 11) is 0. The second-order valence-electron chi connectivity index (χ2n) is 8.66. The number of hydroxylamine groups is 1. The predicted octanol–water partition coefficient (Wildman–Crippen LogP) is 3.06. The van der Waals surface area contributed by atoms with Crippen LogP contribution in [-0.2, 0) is 6.54 Å². The van der Waals surface area contributed by atoms with Gasteiger partial charge in [-0.1, -0.05) is 24.3 Å². The van der Waals surface area contributed by atoms with Gasteiger partial charge in [-0.2, -0.15) is 0 Å². The monoisotopic (exact) mass is 454 g/mol. The average Bonchev–Trinajstić information content (AvgIpc) is 3.20. The number of anilines is 1. The first-order valence-electron chi connectivity index (χ1n) is 10.7. The summed E-state index contributed by atoms with van der Waals surface area (Å²) in [4.78, 5) is 29.6. The van der Waals surface area contributed by atoms with E-state index in [0.717, 1.165) is 56.8 Å². The van der Waals surface area contributed by atoms with Crippen LogP contribution in [0.2, 0.25) is 0 Å². The Bertz CT molecular complexity index is 1090. The molecule has 9 heteroatoms. The second kappa shape index (κ2) is 9.36. The summed E-state index contributed by atoms with van der Waals surface area (Å²) in [5, 5.41) is 9.90. The van der Waals surface area contributed by atoms with E-state index in [-0.39, 0.29) is 18.0 Å². The molecule has 1 spiro atoms. The Morgan fingerprint density at radius 2 is 1.75 bits per heavy atom. The molecule has 0 unspecified atom stereocenters. The Balaban J connectivity index is 0.00000245. The number of hydrogen-bond acceptors (Lipinski definition) is 7. The van der Waals surface area contributed by atoms with Crippen LogP contribution in [0.4, 0.5) is 5.95 Å². The summed E-state index contributed by atoms with van der Waals surface area (Å²) in [6, 6.07) is 12.6. The van der Waals surface area contributed by atoms with Gasteiger partial charge in [-0.3, -0.25) is 19.9 Å². The SMILES string of the molecule is Cl.O=C(NO)c1cnc(N2CCC3(CCN(Cc4ccc5ccccc5n4)C3)CC2)nc1. The van der Waals surface area contributed by atoms with Gasteiger partial charge in [-0.05, 0) is 43.4 Å². The number of pyridine rings is 1. The number of aromatic nitrogens is 3. The maximum Gasteiger partial charge on any atom is 0.277 e. The number of para-hydroxylation sites is 1. The number of benzene rings is 1. The van der Waals surface area contributed by atoms with Gasteiger partial charge in [0.25, 0.3) is 5.91 Å². The Morgan fingerprint density at radius 1 is 1.03 bits per heavy atom. The lowest BCUT2D eigenvalue weighted by molar-refractivity contribution is 0.0705. The lowest BCUT2D eigenvalue weighted by Crippen LogP contribution is -2.42. The van der Waals surface area contributed by atoms with E-state index in [0.29, 0.717) is 11.4 Å². The van der Waals surface area contributed by atoms with E-state index in [4.69, 9.17) is 10.2 Å². The Kier molecular flexibility index (Phi) is 6.55. The normalized spacial score (nSPS) is 18.0. The van der Waals surface area contributed by atoms with E-state index in [1.807, 2.05) is 12.1 Å². The van der Waals surface area contributed by atoms with E-state index in [2.05, 4.69) is 44.0 Å². The number of hydrogen-bond donors (Lipinski definition) is 2. The van der Waals surface area contributed by atoms with Gasteiger partial charge >= 0.3 is 0 Å². The van der Waals surface area contributed by atoms with Crippen molar-refractivity contribution < 1.29 is 10.0 Å². The van der Waals surface area contributed by atoms with Crippen LogP contribution in [0.1, 0.15) is 35.3 Å².